The number of fused-ring (bicyclic) bond motifs is 2. The van der Waals surface area contributed by atoms with Gasteiger partial charge in [0.2, 0.25) is 0 Å². The third kappa shape index (κ3) is 2.94. The van der Waals surface area contributed by atoms with Gasteiger partial charge in [-0.05, 0) is 67.7 Å². The van der Waals surface area contributed by atoms with Crippen LogP contribution in [0.3, 0.4) is 0 Å². The lowest BCUT2D eigenvalue weighted by atomic mass is 9.88. The van der Waals surface area contributed by atoms with E-state index in [1.54, 1.807) is 24.0 Å². The van der Waals surface area contributed by atoms with E-state index < -0.39 is 0 Å². The number of aromatic nitrogens is 3. The van der Waals surface area contributed by atoms with E-state index in [0.717, 1.165) is 47.8 Å². The normalized spacial score (nSPS) is 15.5. The van der Waals surface area contributed by atoms with Gasteiger partial charge in [0.25, 0.3) is 0 Å². The van der Waals surface area contributed by atoms with Gasteiger partial charge in [-0.1, -0.05) is 6.07 Å². The Morgan fingerprint density at radius 1 is 1.00 bits per heavy atom. The molecule has 0 unspecified atom stereocenters. The number of nitrogens with zero attached hydrogens (tertiary/aromatic N) is 3. The molecule has 0 saturated carbocycles. The van der Waals surface area contributed by atoms with Crippen LogP contribution in [0.5, 0.6) is 0 Å². The van der Waals surface area contributed by atoms with Crippen molar-refractivity contribution in [3.8, 4) is 11.3 Å². The molecule has 0 bridgehead atoms. The zero-order valence-corrected chi connectivity index (χ0v) is 15.5. The fourth-order valence-corrected chi connectivity index (χ4v) is 4.19. The zero-order chi connectivity index (χ0) is 19.3. The van der Waals surface area contributed by atoms with Gasteiger partial charge in [-0.15, -0.1) is 0 Å². The summed E-state index contributed by atoms with van der Waals surface area (Å²) in [7, 11) is 1.77. The molecule has 1 N–H and O–H groups in total. The molecular formula is C22H20F2N4. The Balaban J connectivity index is 1.67. The van der Waals surface area contributed by atoms with E-state index in [1.807, 2.05) is 18.2 Å². The summed E-state index contributed by atoms with van der Waals surface area (Å²) in [6.45, 7) is 1.84. The number of aryl methyl sites for hydroxylation is 1. The minimum Gasteiger partial charge on any atom is -0.317 e. The van der Waals surface area contributed by atoms with Crippen molar-refractivity contribution in [2.24, 2.45) is 7.05 Å². The molecule has 0 aliphatic carbocycles. The number of nitrogens with one attached hydrogen (secondary N) is 1. The fourth-order valence-electron chi connectivity index (χ4n) is 4.19. The number of hydrogen-bond acceptors (Lipinski definition) is 3. The molecule has 0 radical (unpaired) electrons. The maximum atomic E-state index is 14.5. The van der Waals surface area contributed by atoms with Crippen molar-refractivity contribution in [1.29, 1.82) is 0 Å². The van der Waals surface area contributed by atoms with E-state index >= 15 is 0 Å². The second kappa shape index (κ2) is 6.63. The second-order valence-corrected chi connectivity index (χ2v) is 7.49. The molecule has 6 heteroatoms. The fraction of sp³-hybridized carbons (Fsp3) is 0.273. The first-order valence-electron chi connectivity index (χ1n) is 9.53. The van der Waals surface area contributed by atoms with Crippen LogP contribution >= 0.6 is 0 Å². The largest absolute Gasteiger partial charge is 0.317 e. The van der Waals surface area contributed by atoms with Crippen molar-refractivity contribution in [2.45, 2.75) is 18.8 Å². The molecule has 4 nitrogen and oxygen atoms in total. The molecule has 2 aromatic heterocycles. The summed E-state index contributed by atoms with van der Waals surface area (Å²) < 4.78 is 30.3. The summed E-state index contributed by atoms with van der Waals surface area (Å²) in [4.78, 5) is 4.84. The molecule has 142 valence electrons. The van der Waals surface area contributed by atoms with E-state index in [0.29, 0.717) is 16.8 Å². The highest BCUT2D eigenvalue weighted by atomic mass is 19.1. The van der Waals surface area contributed by atoms with Crippen molar-refractivity contribution in [2.75, 3.05) is 13.1 Å². The van der Waals surface area contributed by atoms with Gasteiger partial charge in [0.15, 0.2) is 5.82 Å². The molecule has 1 aliphatic heterocycles. The smallest absolute Gasteiger partial charge is 0.151 e. The molecule has 3 heterocycles. The summed E-state index contributed by atoms with van der Waals surface area (Å²) in [5.74, 6) is -0.328. The number of halogens is 2. The van der Waals surface area contributed by atoms with Gasteiger partial charge in [-0.25, -0.2) is 13.8 Å². The lowest BCUT2D eigenvalue weighted by Gasteiger charge is -2.24. The third-order valence-corrected chi connectivity index (χ3v) is 5.54. The Morgan fingerprint density at radius 3 is 2.64 bits per heavy atom. The number of piperidine rings is 1. The third-order valence-electron chi connectivity index (χ3n) is 5.54. The maximum Gasteiger partial charge on any atom is 0.151 e. The standard InChI is InChI=1S/C22H20F2N4/c1-28-12-16-8-15(10-19(24)22(16)27-28)20-3-2-14-9-17(23)11-18(21(14)26-20)13-4-6-25-7-5-13/h2-3,8-13,25H,4-7H2,1H3. The van der Waals surface area contributed by atoms with E-state index in [2.05, 4.69) is 10.4 Å². The highest BCUT2D eigenvalue weighted by Crippen LogP contribution is 2.33. The molecule has 1 aliphatic rings. The van der Waals surface area contributed by atoms with Gasteiger partial charge in [0, 0.05) is 29.6 Å². The first-order valence-corrected chi connectivity index (χ1v) is 9.53. The molecule has 4 aromatic rings. The van der Waals surface area contributed by atoms with Crippen LogP contribution in [0.2, 0.25) is 0 Å². The molecule has 1 fully saturated rings. The minimum atomic E-state index is -0.368. The summed E-state index contributed by atoms with van der Waals surface area (Å²) >= 11 is 0. The summed E-state index contributed by atoms with van der Waals surface area (Å²) in [6, 6.07) is 10.2. The average Bonchev–Trinajstić information content (AvgIpc) is 3.08. The van der Waals surface area contributed by atoms with Crippen LogP contribution in [0.15, 0.2) is 42.6 Å². The lowest BCUT2D eigenvalue weighted by molar-refractivity contribution is 0.460. The van der Waals surface area contributed by atoms with E-state index in [-0.39, 0.29) is 17.6 Å². The Morgan fingerprint density at radius 2 is 1.82 bits per heavy atom. The Kier molecular flexibility index (Phi) is 4.09. The molecule has 0 atom stereocenters. The van der Waals surface area contributed by atoms with Gasteiger partial charge >= 0.3 is 0 Å². The average molecular weight is 378 g/mol. The first kappa shape index (κ1) is 17.3. The molecule has 1 saturated heterocycles. The minimum absolute atomic E-state index is 0.238. The van der Waals surface area contributed by atoms with Crippen LogP contribution < -0.4 is 5.32 Å². The quantitative estimate of drug-likeness (QED) is 0.557. The number of pyridine rings is 1. The molecule has 2 aromatic carbocycles. The van der Waals surface area contributed by atoms with Gasteiger partial charge in [-0.2, -0.15) is 5.10 Å². The van der Waals surface area contributed by atoms with Crippen LogP contribution in [0, 0.1) is 11.6 Å². The topological polar surface area (TPSA) is 42.7 Å². The highest BCUT2D eigenvalue weighted by molar-refractivity contribution is 5.88. The maximum absolute atomic E-state index is 14.5. The summed E-state index contributed by atoms with van der Waals surface area (Å²) in [5.41, 5.74) is 3.47. The van der Waals surface area contributed by atoms with Crippen molar-refractivity contribution in [3.63, 3.8) is 0 Å². The van der Waals surface area contributed by atoms with E-state index in [1.165, 1.54) is 12.1 Å². The second-order valence-electron chi connectivity index (χ2n) is 7.49. The number of hydrogen-bond donors (Lipinski definition) is 1. The lowest BCUT2D eigenvalue weighted by Crippen LogP contribution is -2.26. The molecule has 5 rings (SSSR count). The SMILES string of the molecule is Cn1cc2cc(-c3ccc4cc(F)cc(C5CCNCC5)c4n3)cc(F)c2n1. The van der Waals surface area contributed by atoms with E-state index in [9.17, 15) is 8.78 Å². The van der Waals surface area contributed by atoms with Crippen molar-refractivity contribution >= 4 is 21.8 Å². The first-order chi connectivity index (χ1) is 13.6. The Labute approximate surface area is 161 Å². The summed E-state index contributed by atoms with van der Waals surface area (Å²) in [6.07, 6.45) is 3.71. The van der Waals surface area contributed by atoms with Gasteiger partial charge < -0.3 is 5.32 Å². The molecule has 28 heavy (non-hydrogen) atoms. The highest BCUT2D eigenvalue weighted by Gasteiger charge is 2.20. The zero-order valence-electron chi connectivity index (χ0n) is 15.5. The molecule has 0 amide bonds. The van der Waals surface area contributed by atoms with Gasteiger partial charge in [0.05, 0.1) is 11.2 Å². The van der Waals surface area contributed by atoms with Crippen LogP contribution in [0.1, 0.15) is 24.3 Å². The van der Waals surface area contributed by atoms with Crippen molar-refractivity contribution < 1.29 is 8.78 Å². The van der Waals surface area contributed by atoms with E-state index in [4.69, 9.17) is 4.98 Å². The van der Waals surface area contributed by atoms with Crippen LogP contribution in [-0.2, 0) is 7.05 Å². The monoisotopic (exact) mass is 378 g/mol. The number of rotatable bonds is 2. The predicted octanol–water partition coefficient (Wildman–Crippen LogP) is 4.53. The van der Waals surface area contributed by atoms with Crippen molar-refractivity contribution in [1.82, 2.24) is 20.1 Å². The predicted molar refractivity (Wildman–Crippen MR) is 106 cm³/mol. The van der Waals surface area contributed by atoms with Crippen LogP contribution in [-0.4, -0.2) is 27.9 Å². The van der Waals surface area contributed by atoms with Crippen LogP contribution in [0.25, 0.3) is 33.1 Å². The van der Waals surface area contributed by atoms with Crippen molar-refractivity contribution in [3.05, 3.63) is 59.8 Å². The molecule has 0 spiro atoms. The molecular weight excluding hydrogens is 358 g/mol. The Bertz CT molecular complexity index is 1190. The number of benzene rings is 2. The van der Waals surface area contributed by atoms with Crippen LogP contribution in [0.4, 0.5) is 8.78 Å². The summed E-state index contributed by atoms with van der Waals surface area (Å²) in [5, 5.41) is 9.01. The Hall–Kier alpha value is -2.86. The van der Waals surface area contributed by atoms with Gasteiger partial charge in [0.1, 0.15) is 11.3 Å². The van der Waals surface area contributed by atoms with Gasteiger partial charge in [-0.3, -0.25) is 4.68 Å².